The number of ether oxygens (including phenoxy) is 2. The van der Waals surface area contributed by atoms with Crippen molar-refractivity contribution in [2.75, 3.05) is 13.7 Å². The van der Waals surface area contributed by atoms with Crippen LogP contribution >= 0.6 is 0 Å². The Labute approximate surface area is 122 Å². The molecule has 0 heterocycles. The lowest BCUT2D eigenvalue weighted by Gasteiger charge is -2.20. The highest BCUT2D eigenvalue weighted by Gasteiger charge is 2.24. The Bertz CT molecular complexity index is 531. The number of benzene rings is 1. The highest BCUT2D eigenvalue weighted by Crippen LogP contribution is 2.31. The average molecular weight is 297 g/mol. The number of carbonyl (C=O) groups excluding carboxylic acids is 1. The van der Waals surface area contributed by atoms with Gasteiger partial charge in [0.2, 0.25) is 5.91 Å². The van der Waals surface area contributed by atoms with Gasteiger partial charge < -0.3 is 20.9 Å². The number of nitro groups is 1. The first-order valence-electron chi connectivity index (χ1n) is 6.32. The molecule has 0 aliphatic carbocycles. The Kier molecular flexibility index (Phi) is 5.48. The van der Waals surface area contributed by atoms with Crippen molar-refractivity contribution >= 4 is 11.6 Å². The van der Waals surface area contributed by atoms with Crippen molar-refractivity contribution in [1.82, 2.24) is 0 Å². The summed E-state index contributed by atoms with van der Waals surface area (Å²) in [5.41, 5.74) is 9.69. The van der Waals surface area contributed by atoms with Crippen molar-refractivity contribution in [1.29, 1.82) is 0 Å². The van der Waals surface area contributed by atoms with E-state index in [0.29, 0.717) is 18.6 Å². The van der Waals surface area contributed by atoms with Gasteiger partial charge in [-0.25, -0.2) is 0 Å². The molecular weight excluding hydrogens is 278 g/mol. The summed E-state index contributed by atoms with van der Waals surface area (Å²) in [6.07, 6.45) is 0.821. The van der Waals surface area contributed by atoms with Crippen LogP contribution in [0.2, 0.25) is 0 Å². The molecule has 1 aromatic carbocycles. The van der Waals surface area contributed by atoms with E-state index >= 15 is 0 Å². The second-order valence-electron chi connectivity index (χ2n) is 4.83. The molecule has 4 N–H and O–H groups in total. The first-order chi connectivity index (χ1) is 9.77. The van der Waals surface area contributed by atoms with Gasteiger partial charge in [-0.15, -0.1) is 0 Å². The number of carbonyl (C=O) groups is 1. The lowest BCUT2D eigenvalue weighted by Crippen LogP contribution is -2.49. The van der Waals surface area contributed by atoms with E-state index in [1.807, 2.05) is 0 Å². The molecule has 116 valence electrons. The molecule has 0 bridgehead atoms. The van der Waals surface area contributed by atoms with Crippen LogP contribution in [0.1, 0.15) is 19.8 Å². The van der Waals surface area contributed by atoms with Crippen LogP contribution in [0.3, 0.4) is 0 Å². The van der Waals surface area contributed by atoms with Crippen LogP contribution in [-0.4, -0.2) is 30.1 Å². The van der Waals surface area contributed by atoms with E-state index in [2.05, 4.69) is 0 Å². The van der Waals surface area contributed by atoms with E-state index in [4.69, 9.17) is 20.9 Å². The minimum Gasteiger partial charge on any atom is -0.493 e. The molecule has 1 rings (SSSR count). The van der Waals surface area contributed by atoms with E-state index < -0.39 is 16.4 Å². The number of amides is 1. The zero-order valence-corrected chi connectivity index (χ0v) is 12.0. The van der Waals surface area contributed by atoms with Gasteiger partial charge in [0.05, 0.1) is 30.2 Å². The summed E-state index contributed by atoms with van der Waals surface area (Å²) in [6, 6.07) is 4.08. The smallest absolute Gasteiger partial charge is 0.273 e. The fraction of sp³-hybridized carbons (Fsp3) is 0.462. The van der Waals surface area contributed by atoms with Crippen molar-refractivity contribution in [2.24, 2.45) is 11.5 Å². The second-order valence-corrected chi connectivity index (χ2v) is 4.83. The molecule has 1 atom stereocenters. The van der Waals surface area contributed by atoms with Crippen LogP contribution < -0.4 is 20.9 Å². The van der Waals surface area contributed by atoms with Crippen LogP contribution in [0.15, 0.2) is 18.2 Å². The Morgan fingerprint density at radius 2 is 2.10 bits per heavy atom. The molecule has 8 nitrogen and oxygen atoms in total. The van der Waals surface area contributed by atoms with Gasteiger partial charge in [-0.1, -0.05) is 0 Å². The predicted octanol–water partition coefficient (Wildman–Crippen LogP) is 0.965. The molecule has 0 spiro atoms. The molecule has 0 aliphatic heterocycles. The van der Waals surface area contributed by atoms with Crippen molar-refractivity contribution in [2.45, 2.75) is 25.3 Å². The summed E-state index contributed by atoms with van der Waals surface area (Å²) in [6.45, 7) is 1.78. The lowest BCUT2D eigenvalue weighted by molar-refractivity contribution is -0.385. The summed E-state index contributed by atoms with van der Waals surface area (Å²) >= 11 is 0. The van der Waals surface area contributed by atoms with Crippen LogP contribution in [0.25, 0.3) is 0 Å². The van der Waals surface area contributed by atoms with E-state index in [1.54, 1.807) is 6.92 Å². The zero-order valence-electron chi connectivity index (χ0n) is 12.0. The third-order valence-corrected chi connectivity index (χ3v) is 3.02. The number of hydrogen-bond donors (Lipinski definition) is 2. The maximum atomic E-state index is 11.1. The minimum absolute atomic E-state index is 0.0911. The maximum Gasteiger partial charge on any atom is 0.273 e. The van der Waals surface area contributed by atoms with Gasteiger partial charge in [-0.05, 0) is 25.8 Å². The van der Waals surface area contributed by atoms with Crippen molar-refractivity contribution in [3.63, 3.8) is 0 Å². The Balaban J connectivity index is 2.64. The van der Waals surface area contributed by atoms with E-state index in [0.717, 1.165) is 0 Å². The normalized spacial score (nSPS) is 13.3. The minimum atomic E-state index is -1.10. The monoisotopic (exact) mass is 297 g/mol. The van der Waals surface area contributed by atoms with Crippen molar-refractivity contribution < 1.29 is 19.2 Å². The summed E-state index contributed by atoms with van der Waals surface area (Å²) < 4.78 is 10.5. The van der Waals surface area contributed by atoms with E-state index in [1.165, 1.54) is 25.3 Å². The van der Waals surface area contributed by atoms with Crippen LogP contribution in [0.5, 0.6) is 11.5 Å². The van der Waals surface area contributed by atoms with Crippen molar-refractivity contribution in [3.05, 3.63) is 28.3 Å². The molecule has 1 aromatic rings. The number of nitro benzene ring substituents is 1. The number of hydrogen-bond acceptors (Lipinski definition) is 6. The van der Waals surface area contributed by atoms with Crippen LogP contribution in [0.4, 0.5) is 5.69 Å². The Morgan fingerprint density at radius 1 is 1.43 bits per heavy atom. The first kappa shape index (κ1) is 16.7. The molecule has 0 saturated carbocycles. The molecule has 0 saturated heterocycles. The fourth-order valence-electron chi connectivity index (χ4n) is 1.64. The number of non-ortho nitro benzene ring substituents is 1. The van der Waals surface area contributed by atoms with Gasteiger partial charge in [0.1, 0.15) is 0 Å². The quantitative estimate of drug-likeness (QED) is 0.417. The van der Waals surface area contributed by atoms with Gasteiger partial charge in [-0.3, -0.25) is 14.9 Å². The molecule has 0 aromatic heterocycles. The molecular formula is C13H19N3O5. The summed E-state index contributed by atoms with van der Waals surface area (Å²) in [5, 5.41) is 10.7. The van der Waals surface area contributed by atoms with Crippen LogP contribution in [-0.2, 0) is 4.79 Å². The van der Waals surface area contributed by atoms with Gasteiger partial charge in [0.15, 0.2) is 11.5 Å². The lowest BCUT2D eigenvalue weighted by atomic mass is 9.97. The van der Waals surface area contributed by atoms with Crippen LogP contribution in [0, 0.1) is 10.1 Å². The summed E-state index contributed by atoms with van der Waals surface area (Å²) in [4.78, 5) is 21.3. The first-order valence-corrected chi connectivity index (χ1v) is 6.32. The molecule has 0 aliphatic rings. The summed E-state index contributed by atoms with van der Waals surface area (Å²) in [5.74, 6) is 0.0749. The molecule has 0 radical (unpaired) electrons. The largest absolute Gasteiger partial charge is 0.493 e. The molecule has 1 amide bonds. The second kappa shape index (κ2) is 6.89. The number of primary amides is 1. The Morgan fingerprint density at radius 3 is 2.62 bits per heavy atom. The molecule has 1 unspecified atom stereocenters. The highest BCUT2D eigenvalue weighted by molar-refractivity contribution is 5.83. The third-order valence-electron chi connectivity index (χ3n) is 3.02. The molecule has 0 fully saturated rings. The van der Waals surface area contributed by atoms with Gasteiger partial charge in [0, 0.05) is 6.07 Å². The fourth-order valence-corrected chi connectivity index (χ4v) is 1.64. The SMILES string of the molecule is COc1ccc([N+](=O)[O-])cc1OCCCC(C)(N)C(N)=O. The Hall–Kier alpha value is -2.35. The maximum absolute atomic E-state index is 11.1. The standard InChI is InChI=1S/C13H19N3O5/c1-13(15,12(14)17)6-3-7-21-11-8-9(16(18)19)4-5-10(11)20-2/h4-5,8H,3,6-7,15H2,1-2H3,(H2,14,17). The number of methoxy groups -OCH3 is 1. The van der Waals surface area contributed by atoms with E-state index in [9.17, 15) is 14.9 Å². The zero-order chi connectivity index (χ0) is 16.0. The van der Waals surface area contributed by atoms with Gasteiger partial charge in [0.25, 0.3) is 5.69 Å². The van der Waals surface area contributed by atoms with Crippen molar-refractivity contribution in [3.8, 4) is 11.5 Å². The van der Waals surface area contributed by atoms with E-state index in [-0.39, 0.29) is 18.0 Å². The third kappa shape index (κ3) is 4.60. The van der Waals surface area contributed by atoms with Gasteiger partial charge >= 0.3 is 0 Å². The summed E-state index contributed by atoms with van der Waals surface area (Å²) in [7, 11) is 1.44. The number of nitrogens with zero attached hydrogens (tertiary/aromatic N) is 1. The topological polar surface area (TPSA) is 131 Å². The van der Waals surface area contributed by atoms with Gasteiger partial charge in [-0.2, -0.15) is 0 Å². The molecule has 8 heteroatoms. The number of rotatable bonds is 8. The highest BCUT2D eigenvalue weighted by atomic mass is 16.6. The predicted molar refractivity (Wildman–Crippen MR) is 76.2 cm³/mol. The number of nitrogens with two attached hydrogens (primary N) is 2. The average Bonchev–Trinajstić information content (AvgIpc) is 2.43. The molecule has 21 heavy (non-hydrogen) atoms.